The van der Waals surface area contributed by atoms with Crippen LogP contribution in [0.5, 0.6) is 0 Å². The lowest BCUT2D eigenvalue weighted by Gasteiger charge is -2.29. The second kappa shape index (κ2) is 6.66. The molecular weight excluding hydrogens is 369 g/mol. The number of carbonyl (C=O) groups is 1. The Hall–Kier alpha value is -2.93. The average Bonchev–Trinajstić information content (AvgIpc) is 2.99. The normalized spacial score (nSPS) is 17.9. The predicted molar refractivity (Wildman–Crippen MR) is 104 cm³/mol. The van der Waals surface area contributed by atoms with E-state index in [0.29, 0.717) is 21.9 Å². The molecule has 2 heterocycles. The van der Waals surface area contributed by atoms with Crippen LogP contribution in [0, 0.1) is 5.82 Å². The second-order valence-corrected chi connectivity index (χ2v) is 6.91. The Morgan fingerprint density at radius 3 is 2.74 bits per heavy atom. The van der Waals surface area contributed by atoms with Gasteiger partial charge in [-0.3, -0.25) is 4.99 Å². The molecule has 0 fully saturated rings. The Labute approximate surface area is 161 Å². The van der Waals surface area contributed by atoms with Crippen molar-refractivity contribution in [2.75, 3.05) is 25.5 Å². The van der Waals surface area contributed by atoms with E-state index in [2.05, 4.69) is 10.1 Å². The van der Waals surface area contributed by atoms with Gasteiger partial charge in [-0.15, -0.1) is 0 Å². The van der Waals surface area contributed by atoms with E-state index in [-0.39, 0.29) is 18.4 Å². The Kier molecular flexibility index (Phi) is 4.31. The molecule has 0 spiro atoms. The summed E-state index contributed by atoms with van der Waals surface area (Å²) in [5.41, 5.74) is 2.36. The van der Waals surface area contributed by atoms with Gasteiger partial charge < -0.3 is 9.80 Å². The van der Waals surface area contributed by atoms with E-state index >= 15 is 0 Å². The molecule has 2 aromatic rings. The molecular formula is C19H17ClFN5O. The summed E-state index contributed by atoms with van der Waals surface area (Å²) in [6.45, 7) is 0.246. The Balaban J connectivity index is 1.86. The highest BCUT2D eigenvalue weighted by molar-refractivity contribution is 6.31. The van der Waals surface area contributed by atoms with Crippen molar-refractivity contribution in [3.63, 3.8) is 0 Å². The van der Waals surface area contributed by atoms with Gasteiger partial charge in [-0.2, -0.15) is 10.1 Å². The molecule has 8 heteroatoms. The lowest BCUT2D eigenvalue weighted by Crippen LogP contribution is -2.47. The summed E-state index contributed by atoms with van der Waals surface area (Å²) in [7, 11) is 3.33. The number of hydrogen-bond donors (Lipinski definition) is 0. The van der Waals surface area contributed by atoms with E-state index in [1.54, 1.807) is 50.8 Å². The summed E-state index contributed by atoms with van der Waals surface area (Å²) in [6.07, 6.45) is 1.17. The third-order valence-corrected chi connectivity index (χ3v) is 4.75. The number of nitrogens with zero attached hydrogens (tertiary/aromatic N) is 5. The summed E-state index contributed by atoms with van der Waals surface area (Å²) >= 11 is 6.21. The van der Waals surface area contributed by atoms with Gasteiger partial charge in [-0.1, -0.05) is 23.7 Å². The van der Waals surface area contributed by atoms with Gasteiger partial charge in [0.15, 0.2) is 6.17 Å². The molecule has 2 amide bonds. The predicted octanol–water partition coefficient (Wildman–Crippen LogP) is 3.40. The summed E-state index contributed by atoms with van der Waals surface area (Å²) in [5.74, 6) is -0.362. The van der Waals surface area contributed by atoms with E-state index in [4.69, 9.17) is 11.6 Å². The molecule has 2 aliphatic heterocycles. The zero-order chi connectivity index (χ0) is 19.1. The largest absolute Gasteiger partial charge is 0.342 e. The second-order valence-electron chi connectivity index (χ2n) is 6.47. The first-order chi connectivity index (χ1) is 13.0. The monoisotopic (exact) mass is 385 g/mol. The van der Waals surface area contributed by atoms with Crippen molar-refractivity contribution < 1.29 is 9.18 Å². The van der Waals surface area contributed by atoms with E-state index in [1.807, 2.05) is 11.0 Å². The molecule has 2 aromatic carbocycles. The number of rotatable bonds is 1. The van der Waals surface area contributed by atoms with Crippen LogP contribution >= 0.6 is 11.6 Å². The van der Waals surface area contributed by atoms with Crippen LogP contribution < -0.4 is 4.90 Å². The maximum absolute atomic E-state index is 14.5. The maximum atomic E-state index is 14.5. The number of hydrogen-bond acceptors (Lipinski definition) is 4. The van der Waals surface area contributed by atoms with Gasteiger partial charge in [0.2, 0.25) is 0 Å². The highest BCUT2D eigenvalue weighted by Crippen LogP contribution is 2.33. The average molecular weight is 386 g/mol. The van der Waals surface area contributed by atoms with Crippen molar-refractivity contribution in [3.05, 3.63) is 64.4 Å². The van der Waals surface area contributed by atoms with Gasteiger partial charge in [-0.05, 0) is 30.3 Å². The van der Waals surface area contributed by atoms with Crippen LogP contribution in [0.25, 0.3) is 0 Å². The first kappa shape index (κ1) is 17.5. The lowest BCUT2D eigenvalue weighted by molar-refractivity contribution is 0.161. The fourth-order valence-electron chi connectivity index (χ4n) is 3.22. The van der Waals surface area contributed by atoms with E-state index < -0.39 is 6.17 Å². The topological polar surface area (TPSA) is 51.5 Å². The number of amides is 2. The molecule has 27 heavy (non-hydrogen) atoms. The summed E-state index contributed by atoms with van der Waals surface area (Å²) < 4.78 is 14.5. The molecule has 138 valence electrons. The molecule has 0 bridgehead atoms. The minimum absolute atomic E-state index is 0.246. The Morgan fingerprint density at radius 2 is 2.00 bits per heavy atom. The highest BCUT2D eigenvalue weighted by Gasteiger charge is 2.37. The van der Waals surface area contributed by atoms with Crippen LogP contribution in [0.1, 0.15) is 11.1 Å². The number of halogens is 2. The summed E-state index contributed by atoms with van der Waals surface area (Å²) in [4.78, 5) is 20.4. The van der Waals surface area contributed by atoms with Crippen molar-refractivity contribution in [2.24, 2.45) is 10.1 Å². The van der Waals surface area contributed by atoms with Gasteiger partial charge in [0.05, 0.1) is 17.9 Å². The molecule has 6 nitrogen and oxygen atoms in total. The van der Waals surface area contributed by atoms with Crippen LogP contribution in [0.15, 0.2) is 52.6 Å². The summed E-state index contributed by atoms with van der Waals surface area (Å²) in [5, 5.41) is 6.15. The van der Waals surface area contributed by atoms with E-state index in [1.165, 1.54) is 16.0 Å². The maximum Gasteiger partial charge on any atom is 0.342 e. The van der Waals surface area contributed by atoms with Crippen molar-refractivity contribution in [2.45, 2.75) is 6.17 Å². The van der Waals surface area contributed by atoms with Gasteiger partial charge in [0.1, 0.15) is 12.2 Å². The minimum Gasteiger partial charge on any atom is -0.329 e. The van der Waals surface area contributed by atoms with Crippen LogP contribution in [0.3, 0.4) is 0 Å². The van der Waals surface area contributed by atoms with Crippen molar-refractivity contribution in [1.29, 1.82) is 0 Å². The molecule has 0 aromatic heterocycles. The number of aliphatic imine (C=N–C) groups is 1. The van der Waals surface area contributed by atoms with Crippen LogP contribution in [0.2, 0.25) is 5.02 Å². The number of fused-ring (bicyclic) bond motifs is 3. The SMILES string of the molecule is CN(C)C(=O)N1N=CN2c3ccc(Cl)cc3C(c3ccccc3F)=NCC12. The number of benzene rings is 2. The molecule has 0 radical (unpaired) electrons. The number of anilines is 1. The van der Waals surface area contributed by atoms with Gasteiger partial charge in [0, 0.05) is 30.2 Å². The third kappa shape index (κ3) is 2.94. The number of urea groups is 1. The molecule has 0 saturated heterocycles. The van der Waals surface area contributed by atoms with E-state index in [9.17, 15) is 9.18 Å². The Morgan fingerprint density at radius 1 is 1.22 bits per heavy atom. The van der Waals surface area contributed by atoms with Crippen LogP contribution in [-0.4, -0.2) is 54.8 Å². The van der Waals surface area contributed by atoms with E-state index in [0.717, 1.165) is 5.69 Å². The quantitative estimate of drug-likeness (QED) is 0.755. The zero-order valence-corrected chi connectivity index (χ0v) is 15.6. The molecule has 2 aliphatic rings. The van der Waals surface area contributed by atoms with Gasteiger partial charge >= 0.3 is 6.03 Å². The fourth-order valence-corrected chi connectivity index (χ4v) is 3.39. The Bertz CT molecular complexity index is 974. The van der Waals surface area contributed by atoms with Crippen molar-refractivity contribution in [1.82, 2.24) is 9.91 Å². The van der Waals surface area contributed by atoms with Crippen molar-refractivity contribution in [3.8, 4) is 0 Å². The minimum atomic E-state index is -0.427. The molecule has 0 aliphatic carbocycles. The van der Waals surface area contributed by atoms with Gasteiger partial charge in [0.25, 0.3) is 0 Å². The first-order valence-corrected chi connectivity index (χ1v) is 8.77. The summed E-state index contributed by atoms with van der Waals surface area (Å²) in [6, 6.07) is 11.6. The highest BCUT2D eigenvalue weighted by atomic mass is 35.5. The zero-order valence-electron chi connectivity index (χ0n) is 14.8. The first-order valence-electron chi connectivity index (χ1n) is 8.39. The van der Waals surface area contributed by atoms with Crippen molar-refractivity contribution >= 4 is 35.4 Å². The molecule has 1 unspecified atom stereocenters. The molecule has 1 atom stereocenters. The standard InChI is InChI=1S/C19H17ClFN5O/c1-24(2)19(27)26-17-10-22-18(13-5-3-4-6-15(13)21)14-9-12(20)7-8-16(14)25(17)11-23-26/h3-9,11,17H,10H2,1-2H3. The third-order valence-electron chi connectivity index (χ3n) is 4.52. The van der Waals surface area contributed by atoms with Crippen LogP contribution in [0.4, 0.5) is 14.9 Å². The lowest BCUT2D eigenvalue weighted by atomic mass is 10.00. The molecule has 0 N–H and O–H groups in total. The smallest absolute Gasteiger partial charge is 0.329 e. The van der Waals surface area contributed by atoms with Crippen LogP contribution in [-0.2, 0) is 0 Å². The van der Waals surface area contributed by atoms with Gasteiger partial charge in [-0.25, -0.2) is 9.18 Å². The fraction of sp³-hybridized carbons (Fsp3) is 0.211. The number of carbonyl (C=O) groups excluding carboxylic acids is 1. The molecule has 4 rings (SSSR count). The molecule has 0 saturated carbocycles. The number of hydrazone groups is 1.